The van der Waals surface area contributed by atoms with Crippen molar-refractivity contribution in [1.29, 1.82) is 0 Å². The minimum absolute atomic E-state index is 0. The first kappa shape index (κ1) is 13.2. The van der Waals surface area contributed by atoms with Gasteiger partial charge in [-0.15, -0.1) is 12.4 Å². The number of nitrogens with one attached hydrogen (secondary N) is 1. The van der Waals surface area contributed by atoms with Crippen LogP contribution >= 0.6 is 12.4 Å². The predicted molar refractivity (Wildman–Crippen MR) is 61.0 cm³/mol. The molecule has 6 heteroatoms. The number of rotatable bonds is 1. The Hall–Kier alpha value is 0.160. The maximum atomic E-state index is 11.7. The molecule has 0 spiro atoms. The summed E-state index contributed by atoms with van der Waals surface area (Å²) >= 11 is 0. The van der Waals surface area contributed by atoms with Gasteiger partial charge in [-0.25, -0.2) is 8.42 Å². The molecule has 15 heavy (non-hydrogen) atoms. The SMILES string of the molecule is CC1COC(C)(C2CCCS2(=O)=O)N1.Cl. The van der Waals surface area contributed by atoms with E-state index in [-0.39, 0.29) is 23.7 Å². The quantitative estimate of drug-likeness (QED) is 0.750. The zero-order chi connectivity index (χ0) is 10.4. The third-order valence-corrected chi connectivity index (χ3v) is 5.52. The molecule has 90 valence electrons. The molecule has 2 aliphatic rings. The molecule has 0 aromatic carbocycles. The van der Waals surface area contributed by atoms with Gasteiger partial charge in [0.2, 0.25) is 0 Å². The first-order valence-corrected chi connectivity index (χ1v) is 6.79. The van der Waals surface area contributed by atoms with Crippen molar-refractivity contribution in [3.05, 3.63) is 0 Å². The van der Waals surface area contributed by atoms with E-state index in [1.54, 1.807) is 0 Å². The first-order valence-electron chi connectivity index (χ1n) is 5.07. The topological polar surface area (TPSA) is 55.4 Å². The van der Waals surface area contributed by atoms with Crippen molar-refractivity contribution >= 4 is 22.2 Å². The van der Waals surface area contributed by atoms with Gasteiger partial charge in [0.15, 0.2) is 9.84 Å². The van der Waals surface area contributed by atoms with E-state index in [0.717, 1.165) is 12.8 Å². The maximum absolute atomic E-state index is 11.7. The number of ether oxygens (including phenoxy) is 1. The Labute approximate surface area is 97.1 Å². The van der Waals surface area contributed by atoms with Crippen LogP contribution in [0.25, 0.3) is 0 Å². The molecule has 0 aromatic rings. The number of hydrogen-bond donors (Lipinski definition) is 1. The van der Waals surface area contributed by atoms with Crippen LogP contribution in [0.2, 0.25) is 0 Å². The zero-order valence-corrected chi connectivity index (χ0v) is 10.7. The Bertz CT molecular complexity index is 332. The second-order valence-electron chi connectivity index (χ2n) is 4.46. The highest BCUT2D eigenvalue weighted by molar-refractivity contribution is 7.92. The summed E-state index contributed by atoms with van der Waals surface area (Å²) in [7, 11) is -2.94. The molecule has 0 amide bonds. The van der Waals surface area contributed by atoms with Crippen LogP contribution in [-0.4, -0.2) is 37.8 Å². The lowest BCUT2D eigenvalue weighted by Gasteiger charge is -2.29. The van der Waals surface area contributed by atoms with Crippen LogP contribution in [0.3, 0.4) is 0 Å². The van der Waals surface area contributed by atoms with E-state index in [9.17, 15) is 8.42 Å². The summed E-state index contributed by atoms with van der Waals surface area (Å²) in [6, 6.07) is 0.246. The molecule has 2 heterocycles. The van der Waals surface area contributed by atoms with E-state index in [1.807, 2.05) is 13.8 Å². The van der Waals surface area contributed by atoms with E-state index in [0.29, 0.717) is 12.4 Å². The summed E-state index contributed by atoms with van der Waals surface area (Å²) in [6.45, 7) is 4.46. The highest BCUT2D eigenvalue weighted by Gasteiger charge is 2.49. The van der Waals surface area contributed by atoms with Gasteiger partial charge < -0.3 is 4.74 Å². The highest BCUT2D eigenvalue weighted by Crippen LogP contribution is 2.33. The van der Waals surface area contributed by atoms with Gasteiger partial charge in [0.05, 0.1) is 12.4 Å². The third-order valence-electron chi connectivity index (χ3n) is 3.11. The summed E-state index contributed by atoms with van der Waals surface area (Å²) in [4.78, 5) is 0. The van der Waals surface area contributed by atoms with Gasteiger partial charge >= 0.3 is 0 Å². The second kappa shape index (κ2) is 4.20. The predicted octanol–water partition coefficient (Wildman–Crippen LogP) is 0.710. The Balaban J connectivity index is 0.00000112. The standard InChI is InChI=1S/C9H17NO3S.ClH/c1-7-6-13-9(2,10-7)8-4-3-5-14(8,11)12;/h7-8,10H,3-6H2,1-2H3;1H. The second-order valence-corrected chi connectivity index (χ2v) is 6.76. The molecule has 2 rings (SSSR count). The van der Waals surface area contributed by atoms with Crippen LogP contribution in [0.5, 0.6) is 0 Å². The van der Waals surface area contributed by atoms with Crippen LogP contribution in [0.1, 0.15) is 26.7 Å². The monoisotopic (exact) mass is 255 g/mol. The Morgan fingerprint density at radius 3 is 2.53 bits per heavy atom. The average molecular weight is 256 g/mol. The normalized spacial score (nSPS) is 43.9. The molecule has 0 aliphatic carbocycles. The molecule has 1 N–H and O–H groups in total. The zero-order valence-electron chi connectivity index (χ0n) is 9.02. The average Bonchev–Trinajstić information content (AvgIpc) is 2.56. The summed E-state index contributed by atoms with van der Waals surface area (Å²) in [5.41, 5.74) is -0.658. The molecule has 3 atom stereocenters. The molecular formula is C9H18ClNO3S. The molecule has 0 saturated carbocycles. The van der Waals surface area contributed by atoms with E-state index in [2.05, 4.69) is 5.32 Å². The van der Waals surface area contributed by atoms with Crippen molar-refractivity contribution in [2.75, 3.05) is 12.4 Å². The van der Waals surface area contributed by atoms with Gasteiger partial charge in [0, 0.05) is 6.04 Å². The van der Waals surface area contributed by atoms with Crippen molar-refractivity contribution in [3.63, 3.8) is 0 Å². The molecule has 4 nitrogen and oxygen atoms in total. The molecule has 2 fully saturated rings. The van der Waals surface area contributed by atoms with Gasteiger partial charge in [-0.3, -0.25) is 5.32 Å². The van der Waals surface area contributed by atoms with Crippen LogP contribution in [0.4, 0.5) is 0 Å². The number of sulfone groups is 1. The number of halogens is 1. The van der Waals surface area contributed by atoms with Gasteiger partial charge in [-0.1, -0.05) is 0 Å². The van der Waals surface area contributed by atoms with Gasteiger partial charge in [0.25, 0.3) is 0 Å². The van der Waals surface area contributed by atoms with Gasteiger partial charge in [-0.2, -0.15) is 0 Å². The lowest BCUT2D eigenvalue weighted by molar-refractivity contribution is 0.00276. The molecule has 2 aliphatic heterocycles. The van der Waals surface area contributed by atoms with Crippen LogP contribution in [-0.2, 0) is 14.6 Å². The van der Waals surface area contributed by atoms with E-state index in [1.165, 1.54) is 0 Å². The Morgan fingerprint density at radius 1 is 1.47 bits per heavy atom. The molecular weight excluding hydrogens is 238 g/mol. The van der Waals surface area contributed by atoms with Crippen molar-refractivity contribution in [3.8, 4) is 0 Å². The Morgan fingerprint density at radius 2 is 2.13 bits per heavy atom. The summed E-state index contributed by atoms with van der Waals surface area (Å²) < 4.78 is 29.1. The molecule has 0 aromatic heterocycles. The Kier molecular flexibility index (Phi) is 3.70. The van der Waals surface area contributed by atoms with Crippen molar-refractivity contribution in [2.45, 2.75) is 43.7 Å². The van der Waals surface area contributed by atoms with Crippen LogP contribution in [0, 0.1) is 0 Å². The fourth-order valence-electron chi connectivity index (χ4n) is 2.47. The van der Waals surface area contributed by atoms with Crippen molar-refractivity contribution in [1.82, 2.24) is 5.32 Å². The molecule has 2 saturated heterocycles. The molecule has 0 radical (unpaired) electrons. The smallest absolute Gasteiger partial charge is 0.157 e. The van der Waals surface area contributed by atoms with Gasteiger partial charge in [-0.05, 0) is 26.7 Å². The third kappa shape index (κ3) is 2.30. The van der Waals surface area contributed by atoms with Gasteiger partial charge in [0.1, 0.15) is 11.0 Å². The minimum Gasteiger partial charge on any atom is -0.358 e. The van der Waals surface area contributed by atoms with Crippen molar-refractivity contribution in [2.24, 2.45) is 0 Å². The summed E-state index contributed by atoms with van der Waals surface area (Å²) in [5, 5.41) is 2.87. The van der Waals surface area contributed by atoms with Crippen molar-refractivity contribution < 1.29 is 13.2 Å². The van der Waals surface area contributed by atoms with E-state index < -0.39 is 15.6 Å². The molecule has 0 bridgehead atoms. The number of hydrogen-bond acceptors (Lipinski definition) is 4. The van der Waals surface area contributed by atoms with E-state index in [4.69, 9.17) is 4.74 Å². The minimum atomic E-state index is -2.94. The fraction of sp³-hybridized carbons (Fsp3) is 1.00. The molecule has 3 unspecified atom stereocenters. The lowest BCUT2D eigenvalue weighted by atomic mass is 10.1. The lowest BCUT2D eigenvalue weighted by Crippen LogP contribution is -2.52. The van der Waals surface area contributed by atoms with E-state index >= 15 is 0 Å². The van der Waals surface area contributed by atoms with Crippen LogP contribution in [0.15, 0.2) is 0 Å². The summed E-state index contributed by atoms with van der Waals surface area (Å²) in [6.07, 6.45) is 1.49. The first-order chi connectivity index (χ1) is 6.44. The largest absolute Gasteiger partial charge is 0.358 e. The van der Waals surface area contributed by atoms with Crippen LogP contribution < -0.4 is 5.32 Å². The highest BCUT2D eigenvalue weighted by atomic mass is 35.5. The maximum Gasteiger partial charge on any atom is 0.157 e. The summed E-state index contributed by atoms with van der Waals surface area (Å²) in [5.74, 6) is 0.312. The fourth-order valence-corrected chi connectivity index (χ4v) is 4.67.